The molecule has 6 nitrogen and oxygen atoms in total. The Hall–Kier alpha value is -2.16. The number of hydrogen-bond acceptors (Lipinski definition) is 3. The lowest BCUT2D eigenvalue weighted by molar-refractivity contribution is 0.0954. The molecule has 2 aromatic rings. The van der Waals surface area contributed by atoms with Crippen LogP contribution in [-0.4, -0.2) is 36.5 Å². The highest BCUT2D eigenvalue weighted by Gasteiger charge is 2.04. The highest BCUT2D eigenvalue weighted by Crippen LogP contribution is 1.99. The zero-order valence-electron chi connectivity index (χ0n) is 14.2. The summed E-state index contributed by atoms with van der Waals surface area (Å²) in [5.74, 6) is 0.605. The van der Waals surface area contributed by atoms with Crippen molar-refractivity contribution in [3.63, 3.8) is 0 Å². The third-order valence-corrected chi connectivity index (χ3v) is 3.23. The molecule has 0 saturated heterocycles. The van der Waals surface area contributed by atoms with Crippen LogP contribution in [0.4, 0.5) is 0 Å². The third-order valence-electron chi connectivity index (χ3n) is 3.23. The number of carbonyl (C=O) groups excluding carboxylic acids is 1. The lowest BCUT2D eigenvalue weighted by atomic mass is 10.2. The second-order valence-corrected chi connectivity index (χ2v) is 5.11. The van der Waals surface area contributed by atoms with E-state index in [1.54, 1.807) is 24.5 Å². The summed E-state index contributed by atoms with van der Waals surface area (Å²) in [4.78, 5) is 20.4. The van der Waals surface area contributed by atoms with Crippen molar-refractivity contribution in [3.05, 3.63) is 66.0 Å². The lowest BCUT2D eigenvalue weighted by Crippen LogP contribution is -2.41. The Labute approximate surface area is 165 Å². The van der Waals surface area contributed by atoms with Gasteiger partial charge in [-0.15, -0.1) is 24.0 Å². The molecule has 0 atom stereocenters. The summed E-state index contributed by atoms with van der Waals surface area (Å²) in [7, 11) is 0. The van der Waals surface area contributed by atoms with E-state index in [0.29, 0.717) is 25.2 Å². The molecule has 0 aliphatic rings. The van der Waals surface area contributed by atoms with E-state index in [9.17, 15) is 4.79 Å². The van der Waals surface area contributed by atoms with Crippen LogP contribution in [0.2, 0.25) is 0 Å². The number of amides is 1. The first-order chi connectivity index (χ1) is 11.8. The Kier molecular flexibility index (Phi) is 10.2. The van der Waals surface area contributed by atoms with Gasteiger partial charge in [0, 0.05) is 32.0 Å². The second kappa shape index (κ2) is 12.2. The topological polar surface area (TPSA) is 78.4 Å². The molecule has 0 spiro atoms. The van der Waals surface area contributed by atoms with Crippen LogP contribution in [0.15, 0.2) is 59.9 Å². The summed E-state index contributed by atoms with van der Waals surface area (Å²) in [5.41, 5.74) is 1.71. The number of halogens is 1. The molecule has 1 amide bonds. The van der Waals surface area contributed by atoms with Crippen LogP contribution >= 0.6 is 24.0 Å². The van der Waals surface area contributed by atoms with Crippen molar-refractivity contribution in [2.45, 2.75) is 13.5 Å². The fraction of sp³-hybridized carbons (Fsp3) is 0.278. The molecule has 1 heterocycles. The van der Waals surface area contributed by atoms with E-state index in [0.717, 1.165) is 18.1 Å². The van der Waals surface area contributed by atoms with Gasteiger partial charge in [-0.25, -0.2) is 4.99 Å². The van der Waals surface area contributed by atoms with Gasteiger partial charge >= 0.3 is 0 Å². The minimum absolute atomic E-state index is 0. The zero-order valence-corrected chi connectivity index (χ0v) is 16.6. The average molecular weight is 453 g/mol. The first kappa shape index (κ1) is 20.9. The van der Waals surface area contributed by atoms with Crippen molar-refractivity contribution in [1.82, 2.24) is 20.9 Å². The summed E-state index contributed by atoms with van der Waals surface area (Å²) in [6.07, 6.45) is 3.19. The monoisotopic (exact) mass is 453 g/mol. The Morgan fingerprint density at radius 2 is 1.80 bits per heavy atom. The molecule has 0 radical (unpaired) electrons. The molecule has 25 heavy (non-hydrogen) atoms. The fourth-order valence-electron chi connectivity index (χ4n) is 2.05. The van der Waals surface area contributed by atoms with Crippen LogP contribution in [-0.2, 0) is 6.54 Å². The van der Waals surface area contributed by atoms with Gasteiger partial charge < -0.3 is 16.0 Å². The number of nitrogens with one attached hydrogen (secondary N) is 3. The standard InChI is InChI=1S/C18H23N5O.HI/c1-2-20-18(23-13-15-7-4-3-5-8-15)22-12-11-21-17(24)16-9-6-10-19-14-16;/h3-10,14H,2,11-13H2,1H3,(H,21,24)(H2,20,22,23);1H. The van der Waals surface area contributed by atoms with Crippen LogP contribution in [0.25, 0.3) is 0 Å². The first-order valence-electron chi connectivity index (χ1n) is 8.04. The normalized spacial score (nSPS) is 10.5. The predicted molar refractivity (Wildman–Crippen MR) is 111 cm³/mol. The van der Waals surface area contributed by atoms with E-state index < -0.39 is 0 Å². The number of aliphatic imine (C=N–C) groups is 1. The quantitative estimate of drug-likeness (QED) is 0.260. The number of pyridine rings is 1. The van der Waals surface area contributed by atoms with Crippen molar-refractivity contribution in [2.24, 2.45) is 4.99 Å². The SMILES string of the molecule is CCNC(=NCc1ccccc1)NCCNC(=O)c1cccnc1.I. The van der Waals surface area contributed by atoms with Gasteiger partial charge in [-0.05, 0) is 24.6 Å². The van der Waals surface area contributed by atoms with Crippen molar-refractivity contribution in [2.75, 3.05) is 19.6 Å². The number of guanidine groups is 1. The molecule has 0 aliphatic heterocycles. The van der Waals surface area contributed by atoms with Crippen LogP contribution in [0.5, 0.6) is 0 Å². The third kappa shape index (κ3) is 7.97. The van der Waals surface area contributed by atoms with E-state index in [-0.39, 0.29) is 29.9 Å². The summed E-state index contributed by atoms with van der Waals surface area (Å²) < 4.78 is 0. The van der Waals surface area contributed by atoms with Crippen LogP contribution < -0.4 is 16.0 Å². The van der Waals surface area contributed by atoms with Crippen molar-refractivity contribution in [3.8, 4) is 0 Å². The van der Waals surface area contributed by atoms with E-state index >= 15 is 0 Å². The van der Waals surface area contributed by atoms with Gasteiger partial charge in [0.05, 0.1) is 12.1 Å². The van der Waals surface area contributed by atoms with Crippen LogP contribution in [0.1, 0.15) is 22.8 Å². The molecular weight excluding hydrogens is 429 g/mol. The molecule has 7 heteroatoms. The molecule has 0 bridgehead atoms. The molecule has 0 fully saturated rings. The van der Waals surface area contributed by atoms with Gasteiger partial charge in [0.2, 0.25) is 0 Å². The van der Waals surface area contributed by atoms with E-state index in [1.165, 1.54) is 0 Å². The molecule has 0 unspecified atom stereocenters. The smallest absolute Gasteiger partial charge is 0.252 e. The van der Waals surface area contributed by atoms with E-state index in [4.69, 9.17) is 0 Å². The summed E-state index contributed by atoms with van der Waals surface area (Å²) in [6, 6.07) is 13.6. The van der Waals surface area contributed by atoms with E-state index in [1.807, 2.05) is 37.3 Å². The number of hydrogen-bond donors (Lipinski definition) is 3. The zero-order chi connectivity index (χ0) is 17.0. The van der Waals surface area contributed by atoms with Crippen LogP contribution in [0.3, 0.4) is 0 Å². The molecule has 2 rings (SSSR count). The van der Waals surface area contributed by atoms with E-state index in [2.05, 4.69) is 25.9 Å². The molecule has 0 aliphatic carbocycles. The Balaban J connectivity index is 0.00000312. The maximum Gasteiger partial charge on any atom is 0.252 e. The largest absolute Gasteiger partial charge is 0.357 e. The molecule has 1 aromatic heterocycles. The fourth-order valence-corrected chi connectivity index (χ4v) is 2.05. The van der Waals surface area contributed by atoms with Gasteiger partial charge in [-0.2, -0.15) is 0 Å². The Morgan fingerprint density at radius 1 is 1.04 bits per heavy atom. The van der Waals surface area contributed by atoms with Gasteiger partial charge in [0.25, 0.3) is 5.91 Å². The summed E-state index contributed by atoms with van der Waals surface area (Å²) in [6.45, 7) is 4.50. The van der Waals surface area contributed by atoms with Gasteiger partial charge in [-0.3, -0.25) is 9.78 Å². The predicted octanol–water partition coefficient (Wildman–Crippen LogP) is 2.18. The minimum atomic E-state index is -0.129. The van der Waals surface area contributed by atoms with Gasteiger partial charge in [-0.1, -0.05) is 30.3 Å². The minimum Gasteiger partial charge on any atom is -0.357 e. The summed E-state index contributed by atoms with van der Waals surface area (Å²) in [5, 5.41) is 9.24. The number of aromatic nitrogens is 1. The van der Waals surface area contributed by atoms with Crippen molar-refractivity contribution < 1.29 is 4.79 Å². The maximum atomic E-state index is 11.9. The molecule has 0 saturated carbocycles. The molecule has 134 valence electrons. The second-order valence-electron chi connectivity index (χ2n) is 5.11. The highest BCUT2D eigenvalue weighted by atomic mass is 127. The number of nitrogens with zero attached hydrogens (tertiary/aromatic N) is 2. The molecule has 1 aromatic carbocycles. The van der Waals surface area contributed by atoms with Gasteiger partial charge in [0.15, 0.2) is 5.96 Å². The molecular formula is C18H24IN5O. The number of benzene rings is 1. The maximum absolute atomic E-state index is 11.9. The first-order valence-corrected chi connectivity index (χ1v) is 8.04. The van der Waals surface area contributed by atoms with Crippen molar-refractivity contribution in [1.29, 1.82) is 0 Å². The number of rotatable bonds is 7. The number of carbonyl (C=O) groups is 1. The van der Waals surface area contributed by atoms with Crippen LogP contribution in [0, 0.1) is 0 Å². The Morgan fingerprint density at radius 3 is 2.48 bits per heavy atom. The van der Waals surface area contributed by atoms with Gasteiger partial charge in [0.1, 0.15) is 0 Å². The Bertz CT molecular complexity index is 649. The molecule has 3 N–H and O–H groups in total. The summed E-state index contributed by atoms with van der Waals surface area (Å²) >= 11 is 0. The highest BCUT2D eigenvalue weighted by molar-refractivity contribution is 14.0. The van der Waals surface area contributed by atoms with Crippen molar-refractivity contribution >= 4 is 35.8 Å². The average Bonchev–Trinajstić information content (AvgIpc) is 2.64. The lowest BCUT2D eigenvalue weighted by Gasteiger charge is -2.12.